The molecule has 1 unspecified atom stereocenters. The Balaban J connectivity index is 1.77. The Morgan fingerprint density at radius 1 is 1.30 bits per heavy atom. The summed E-state index contributed by atoms with van der Waals surface area (Å²) in [4.78, 5) is 22.8. The Labute approximate surface area is 158 Å². The second-order valence-corrected chi connectivity index (χ2v) is 7.35. The maximum Gasteiger partial charge on any atom is 0.270 e. The van der Waals surface area contributed by atoms with Crippen LogP contribution in [0.3, 0.4) is 0 Å². The summed E-state index contributed by atoms with van der Waals surface area (Å²) in [5.74, 6) is 0.529. The molecule has 0 bridgehead atoms. The number of fused-ring (bicyclic) bond motifs is 1. The molecular weight excluding hydrogens is 344 g/mol. The summed E-state index contributed by atoms with van der Waals surface area (Å²) >= 11 is 0. The summed E-state index contributed by atoms with van der Waals surface area (Å²) in [7, 11) is 0. The molecule has 1 heterocycles. The number of carbonyl (C=O) groups excluding carboxylic acids is 1. The Morgan fingerprint density at radius 3 is 2.81 bits per heavy atom. The van der Waals surface area contributed by atoms with Gasteiger partial charge in [-0.3, -0.25) is 14.9 Å². The van der Waals surface area contributed by atoms with Gasteiger partial charge in [0.2, 0.25) is 5.91 Å². The number of nitro benzene ring substituents is 1. The molecule has 6 heteroatoms. The minimum atomic E-state index is -0.458. The highest BCUT2D eigenvalue weighted by Gasteiger charge is 2.34. The van der Waals surface area contributed by atoms with Crippen molar-refractivity contribution in [3.05, 3.63) is 75.3 Å². The van der Waals surface area contributed by atoms with Crippen LogP contribution in [0.1, 0.15) is 43.0 Å². The van der Waals surface area contributed by atoms with E-state index in [0.29, 0.717) is 12.0 Å². The van der Waals surface area contributed by atoms with Gasteiger partial charge in [0.1, 0.15) is 11.4 Å². The van der Waals surface area contributed by atoms with Crippen LogP contribution in [0.25, 0.3) is 6.08 Å². The molecule has 0 fully saturated rings. The van der Waals surface area contributed by atoms with Gasteiger partial charge < -0.3 is 10.1 Å². The zero-order chi connectivity index (χ0) is 19.6. The Morgan fingerprint density at radius 2 is 2.07 bits per heavy atom. The molecular formula is C21H22N2O4. The molecule has 0 aromatic heterocycles. The molecule has 0 saturated heterocycles. The number of carbonyl (C=O) groups is 1. The van der Waals surface area contributed by atoms with E-state index in [2.05, 4.69) is 5.32 Å². The summed E-state index contributed by atoms with van der Waals surface area (Å²) in [6.45, 7) is 5.99. The highest BCUT2D eigenvalue weighted by atomic mass is 16.6. The predicted octanol–water partition coefficient (Wildman–Crippen LogP) is 4.34. The lowest BCUT2D eigenvalue weighted by molar-refractivity contribution is -0.384. The van der Waals surface area contributed by atoms with E-state index in [1.807, 2.05) is 39.0 Å². The van der Waals surface area contributed by atoms with Crippen LogP contribution in [0.15, 0.2) is 48.5 Å². The fourth-order valence-corrected chi connectivity index (χ4v) is 3.24. The number of rotatable bonds is 4. The highest BCUT2D eigenvalue weighted by molar-refractivity contribution is 5.92. The van der Waals surface area contributed by atoms with Gasteiger partial charge in [-0.15, -0.1) is 0 Å². The molecule has 0 aliphatic carbocycles. The zero-order valence-corrected chi connectivity index (χ0v) is 15.6. The highest BCUT2D eigenvalue weighted by Crippen LogP contribution is 2.39. The minimum absolute atomic E-state index is 0.00635. The summed E-state index contributed by atoms with van der Waals surface area (Å²) in [5.41, 5.74) is 2.27. The molecule has 27 heavy (non-hydrogen) atoms. The van der Waals surface area contributed by atoms with Crippen LogP contribution in [0.5, 0.6) is 5.75 Å². The van der Waals surface area contributed by atoms with Crippen LogP contribution in [0.2, 0.25) is 0 Å². The standard InChI is InChI=1S/C21H22N2O4/c1-14-7-9-19-17(11-14)18(13-21(2,3)27-19)22-20(24)10-8-15-5-4-6-16(12-15)23(25)26/h4-12,18H,13H2,1-3H3,(H,22,24)/b10-8+. The maximum absolute atomic E-state index is 12.4. The second-order valence-electron chi connectivity index (χ2n) is 7.35. The first-order chi connectivity index (χ1) is 12.7. The van der Waals surface area contributed by atoms with Crippen molar-refractivity contribution < 1.29 is 14.5 Å². The molecule has 0 radical (unpaired) electrons. The van der Waals surface area contributed by atoms with Gasteiger partial charge >= 0.3 is 0 Å². The van der Waals surface area contributed by atoms with Crippen LogP contribution in [-0.2, 0) is 4.79 Å². The molecule has 2 aromatic rings. The second kappa shape index (κ2) is 7.23. The van der Waals surface area contributed by atoms with Crippen molar-refractivity contribution in [2.75, 3.05) is 0 Å². The van der Waals surface area contributed by atoms with Gasteiger partial charge in [0.25, 0.3) is 5.69 Å². The zero-order valence-electron chi connectivity index (χ0n) is 15.6. The molecule has 0 saturated carbocycles. The lowest BCUT2D eigenvalue weighted by Crippen LogP contribution is -2.41. The number of hydrogen-bond donors (Lipinski definition) is 1. The first kappa shape index (κ1) is 18.6. The molecule has 1 amide bonds. The van der Waals surface area contributed by atoms with Gasteiger partial charge in [-0.25, -0.2) is 0 Å². The third kappa shape index (κ3) is 4.53. The van der Waals surface area contributed by atoms with Crippen molar-refractivity contribution in [2.24, 2.45) is 0 Å². The van der Waals surface area contributed by atoms with E-state index in [-0.39, 0.29) is 23.2 Å². The first-order valence-corrected chi connectivity index (χ1v) is 8.76. The molecule has 2 aromatic carbocycles. The fraction of sp³-hybridized carbons (Fsp3) is 0.286. The minimum Gasteiger partial charge on any atom is -0.487 e. The van der Waals surface area contributed by atoms with Crippen molar-refractivity contribution in [2.45, 2.75) is 38.8 Å². The summed E-state index contributed by atoms with van der Waals surface area (Å²) < 4.78 is 6.02. The predicted molar refractivity (Wildman–Crippen MR) is 104 cm³/mol. The van der Waals surface area contributed by atoms with Crippen LogP contribution in [0, 0.1) is 17.0 Å². The SMILES string of the molecule is Cc1ccc2c(c1)C(NC(=O)/C=C/c1cccc([N+](=O)[O-])c1)CC(C)(C)O2. The van der Waals surface area contributed by atoms with Crippen LogP contribution < -0.4 is 10.1 Å². The van der Waals surface area contributed by atoms with Gasteiger partial charge in [-0.05, 0) is 38.5 Å². The number of nitrogens with zero attached hydrogens (tertiary/aromatic N) is 1. The molecule has 6 nitrogen and oxygen atoms in total. The first-order valence-electron chi connectivity index (χ1n) is 8.76. The lowest BCUT2D eigenvalue weighted by atomic mass is 9.89. The topological polar surface area (TPSA) is 81.5 Å². The summed E-state index contributed by atoms with van der Waals surface area (Å²) in [6.07, 6.45) is 3.63. The van der Waals surface area contributed by atoms with Gasteiger partial charge in [0.15, 0.2) is 0 Å². The van der Waals surface area contributed by atoms with E-state index in [9.17, 15) is 14.9 Å². The average molecular weight is 366 g/mol. The number of amides is 1. The molecule has 1 aliphatic rings. The van der Waals surface area contributed by atoms with Crippen molar-refractivity contribution >= 4 is 17.7 Å². The van der Waals surface area contributed by atoms with E-state index in [1.54, 1.807) is 18.2 Å². The third-order valence-electron chi connectivity index (χ3n) is 4.45. The largest absolute Gasteiger partial charge is 0.487 e. The molecule has 1 N–H and O–H groups in total. The van der Waals surface area contributed by atoms with Crippen molar-refractivity contribution in [3.8, 4) is 5.75 Å². The number of non-ortho nitro benzene ring substituents is 1. The lowest BCUT2D eigenvalue weighted by Gasteiger charge is -2.38. The molecule has 3 rings (SSSR count). The number of ether oxygens (including phenoxy) is 1. The molecule has 140 valence electrons. The number of nitro groups is 1. The molecule has 0 spiro atoms. The monoisotopic (exact) mass is 366 g/mol. The molecule has 1 aliphatic heterocycles. The van der Waals surface area contributed by atoms with Crippen LogP contribution in [0.4, 0.5) is 5.69 Å². The number of nitrogens with one attached hydrogen (secondary N) is 1. The fourth-order valence-electron chi connectivity index (χ4n) is 3.24. The van der Waals surface area contributed by atoms with Crippen LogP contribution >= 0.6 is 0 Å². The van der Waals surface area contributed by atoms with Gasteiger partial charge in [0, 0.05) is 30.2 Å². The number of hydrogen-bond acceptors (Lipinski definition) is 4. The van der Waals surface area contributed by atoms with E-state index >= 15 is 0 Å². The van der Waals surface area contributed by atoms with E-state index in [0.717, 1.165) is 16.9 Å². The number of aryl methyl sites for hydroxylation is 1. The normalized spacial score (nSPS) is 17.8. The maximum atomic E-state index is 12.4. The number of benzene rings is 2. The van der Waals surface area contributed by atoms with Gasteiger partial charge in [-0.2, -0.15) is 0 Å². The van der Waals surface area contributed by atoms with Gasteiger partial charge in [-0.1, -0.05) is 29.8 Å². The van der Waals surface area contributed by atoms with Crippen molar-refractivity contribution in [1.29, 1.82) is 0 Å². The quantitative estimate of drug-likeness (QED) is 0.496. The van der Waals surface area contributed by atoms with Crippen molar-refractivity contribution in [3.63, 3.8) is 0 Å². The Hall–Kier alpha value is -3.15. The van der Waals surface area contributed by atoms with Crippen molar-refractivity contribution in [1.82, 2.24) is 5.32 Å². The van der Waals surface area contributed by atoms with Gasteiger partial charge in [0.05, 0.1) is 11.0 Å². The van der Waals surface area contributed by atoms with E-state index < -0.39 is 4.92 Å². The van der Waals surface area contributed by atoms with E-state index in [4.69, 9.17) is 4.74 Å². The molecule has 1 atom stereocenters. The smallest absolute Gasteiger partial charge is 0.270 e. The third-order valence-corrected chi connectivity index (χ3v) is 4.45. The summed E-state index contributed by atoms with van der Waals surface area (Å²) in [5, 5.41) is 13.9. The van der Waals surface area contributed by atoms with Crippen LogP contribution in [-0.4, -0.2) is 16.4 Å². The average Bonchev–Trinajstić information content (AvgIpc) is 2.60. The van der Waals surface area contributed by atoms with E-state index in [1.165, 1.54) is 18.2 Å². The summed E-state index contributed by atoms with van der Waals surface area (Å²) in [6, 6.07) is 11.9. The Bertz CT molecular complexity index is 918. The Kier molecular flexibility index (Phi) is 4.99.